The van der Waals surface area contributed by atoms with Crippen molar-refractivity contribution in [3.63, 3.8) is 0 Å². The summed E-state index contributed by atoms with van der Waals surface area (Å²) in [6, 6.07) is 25.7. The van der Waals surface area contributed by atoms with Gasteiger partial charge in [-0.05, 0) is 18.1 Å². The highest BCUT2D eigenvalue weighted by Crippen LogP contribution is 2.35. The van der Waals surface area contributed by atoms with Crippen molar-refractivity contribution in [3.8, 4) is 11.5 Å². The number of aliphatic carboxylic acids is 1. The van der Waals surface area contributed by atoms with Crippen LogP contribution in [0.5, 0.6) is 11.5 Å². The topological polar surface area (TPSA) is 77.0 Å². The maximum atomic E-state index is 11.2. The summed E-state index contributed by atoms with van der Waals surface area (Å²) in [5, 5.41) is 12.7. The van der Waals surface area contributed by atoms with Gasteiger partial charge >= 0.3 is 5.97 Å². The SMILES string of the molecule is O=C(O)C1COc2cc(OCCC3=C(c4ccccc4)OC(c4ccccc4)N3)ccc2C1. The zero-order chi connectivity index (χ0) is 22.6. The van der Waals surface area contributed by atoms with Crippen LogP contribution in [-0.2, 0) is 16.0 Å². The average Bonchev–Trinajstić information content (AvgIpc) is 3.29. The van der Waals surface area contributed by atoms with Crippen LogP contribution in [0.15, 0.2) is 84.6 Å². The van der Waals surface area contributed by atoms with Gasteiger partial charge in [-0.3, -0.25) is 4.79 Å². The molecule has 2 heterocycles. The van der Waals surface area contributed by atoms with Gasteiger partial charge < -0.3 is 24.6 Å². The third-order valence-electron chi connectivity index (χ3n) is 5.87. The quantitative estimate of drug-likeness (QED) is 0.547. The number of nitrogens with one attached hydrogen (secondary N) is 1. The summed E-state index contributed by atoms with van der Waals surface area (Å²) in [4.78, 5) is 11.2. The maximum absolute atomic E-state index is 11.2. The molecule has 0 fully saturated rings. The number of hydrogen-bond acceptors (Lipinski definition) is 5. The number of fused-ring (bicyclic) bond motifs is 1. The van der Waals surface area contributed by atoms with E-state index in [-0.39, 0.29) is 12.8 Å². The van der Waals surface area contributed by atoms with Gasteiger partial charge in [-0.2, -0.15) is 0 Å². The Labute approximate surface area is 192 Å². The van der Waals surface area contributed by atoms with Gasteiger partial charge in [-0.1, -0.05) is 66.7 Å². The van der Waals surface area contributed by atoms with Gasteiger partial charge in [0.25, 0.3) is 0 Å². The molecule has 0 aliphatic carbocycles. The summed E-state index contributed by atoms with van der Waals surface area (Å²) in [7, 11) is 0. The Morgan fingerprint density at radius 1 is 1.03 bits per heavy atom. The summed E-state index contributed by atoms with van der Waals surface area (Å²) in [6.45, 7) is 0.640. The largest absolute Gasteiger partial charge is 0.493 e. The van der Waals surface area contributed by atoms with Crippen LogP contribution in [0.4, 0.5) is 0 Å². The smallest absolute Gasteiger partial charge is 0.310 e. The van der Waals surface area contributed by atoms with E-state index in [2.05, 4.69) is 5.32 Å². The van der Waals surface area contributed by atoms with E-state index in [0.717, 1.165) is 28.1 Å². The van der Waals surface area contributed by atoms with Crippen LogP contribution in [-0.4, -0.2) is 24.3 Å². The van der Waals surface area contributed by atoms with Crippen molar-refractivity contribution in [1.29, 1.82) is 0 Å². The molecule has 0 amide bonds. The number of carbonyl (C=O) groups is 1. The first-order valence-electron chi connectivity index (χ1n) is 11.1. The Kier molecular flexibility index (Phi) is 5.89. The molecule has 2 N–H and O–H groups in total. The highest BCUT2D eigenvalue weighted by Gasteiger charge is 2.28. The fourth-order valence-corrected chi connectivity index (χ4v) is 4.11. The number of benzene rings is 3. The van der Waals surface area contributed by atoms with Crippen LogP contribution in [0, 0.1) is 5.92 Å². The summed E-state index contributed by atoms with van der Waals surface area (Å²) in [5.41, 5.74) is 3.97. The Balaban J connectivity index is 1.27. The zero-order valence-corrected chi connectivity index (χ0v) is 18.1. The minimum Gasteiger partial charge on any atom is -0.493 e. The van der Waals surface area contributed by atoms with Gasteiger partial charge in [0.2, 0.25) is 0 Å². The second-order valence-electron chi connectivity index (χ2n) is 8.14. The lowest BCUT2D eigenvalue weighted by Gasteiger charge is -2.23. The molecule has 3 aromatic carbocycles. The highest BCUT2D eigenvalue weighted by molar-refractivity contribution is 5.71. The predicted octanol–water partition coefficient (Wildman–Crippen LogP) is 4.78. The van der Waals surface area contributed by atoms with E-state index in [1.165, 1.54) is 0 Å². The number of carboxylic acids is 1. The standard InChI is InChI=1S/C27H25NO5/c29-27(30)21-15-20-11-12-22(16-24(20)32-17-21)31-14-13-23-25(18-7-3-1-4-8-18)33-26(28-23)19-9-5-2-6-10-19/h1-12,16,21,26,28H,13-15,17H2,(H,29,30). The lowest BCUT2D eigenvalue weighted by atomic mass is 9.97. The highest BCUT2D eigenvalue weighted by atomic mass is 16.5. The summed E-state index contributed by atoms with van der Waals surface area (Å²) >= 11 is 0. The molecule has 0 bridgehead atoms. The van der Waals surface area contributed by atoms with Gasteiger partial charge in [0.1, 0.15) is 23.9 Å². The van der Waals surface area contributed by atoms with Crippen molar-refractivity contribution < 1.29 is 24.1 Å². The average molecular weight is 443 g/mol. The number of rotatable bonds is 7. The molecule has 6 nitrogen and oxygen atoms in total. The fourth-order valence-electron chi connectivity index (χ4n) is 4.11. The monoisotopic (exact) mass is 443 g/mol. The van der Waals surface area contributed by atoms with Gasteiger partial charge in [0, 0.05) is 23.6 Å². The number of hydrogen-bond donors (Lipinski definition) is 2. The van der Waals surface area contributed by atoms with Crippen molar-refractivity contribution in [1.82, 2.24) is 5.32 Å². The Hall–Kier alpha value is -3.93. The molecule has 2 unspecified atom stereocenters. The molecule has 2 aliphatic rings. The molecule has 0 saturated heterocycles. The van der Waals surface area contributed by atoms with Gasteiger partial charge in [-0.15, -0.1) is 0 Å². The predicted molar refractivity (Wildman–Crippen MR) is 124 cm³/mol. The van der Waals surface area contributed by atoms with E-state index in [1.807, 2.05) is 78.9 Å². The zero-order valence-electron chi connectivity index (χ0n) is 18.1. The molecule has 2 atom stereocenters. The number of ether oxygens (including phenoxy) is 3. The first-order chi connectivity index (χ1) is 16.2. The Morgan fingerprint density at radius 3 is 2.55 bits per heavy atom. The second-order valence-corrected chi connectivity index (χ2v) is 8.14. The molecule has 168 valence electrons. The minimum absolute atomic E-state index is 0.182. The van der Waals surface area contributed by atoms with Crippen LogP contribution in [0.2, 0.25) is 0 Å². The summed E-state index contributed by atoms with van der Waals surface area (Å²) < 4.78 is 18.0. The van der Waals surface area contributed by atoms with Crippen LogP contribution >= 0.6 is 0 Å². The van der Waals surface area contributed by atoms with Crippen molar-refractivity contribution in [3.05, 3.63) is 101 Å². The molecule has 5 rings (SSSR count). The molecule has 6 heteroatoms. The van der Waals surface area contributed by atoms with E-state index in [9.17, 15) is 9.90 Å². The Morgan fingerprint density at radius 2 is 1.79 bits per heavy atom. The summed E-state index contributed by atoms with van der Waals surface area (Å²) in [6.07, 6.45) is 0.878. The molecule has 3 aromatic rings. The maximum Gasteiger partial charge on any atom is 0.310 e. The summed E-state index contributed by atoms with van der Waals surface area (Å²) in [5.74, 6) is 0.896. The first-order valence-corrected chi connectivity index (χ1v) is 11.1. The van der Waals surface area contributed by atoms with Crippen molar-refractivity contribution >= 4 is 11.7 Å². The van der Waals surface area contributed by atoms with Gasteiger partial charge in [-0.25, -0.2) is 0 Å². The Bertz CT molecular complexity index is 1160. The van der Waals surface area contributed by atoms with Crippen molar-refractivity contribution in [2.45, 2.75) is 19.1 Å². The third kappa shape index (κ3) is 4.65. The molecule has 33 heavy (non-hydrogen) atoms. The lowest BCUT2D eigenvalue weighted by Crippen LogP contribution is -2.27. The van der Waals surface area contributed by atoms with Crippen LogP contribution in [0.25, 0.3) is 5.76 Å². The second kappa shape index (κ2) is 9.28. The molecular weight excluding hydrogens is 418 g/mol. The minimum atomic E-state index is -0.830. The molecule has 0 radical (unpaired) electrons. The van der Waals surface area contributed by atoms with E-state index in [1.54, 1.807) is 0 Å². The van der Waals surface area contributed by atoms with E-state index < -0.39 is 11.9 Å². The molecule has 0 spiro atoms. The van der Waals surface area contributed by atoms with Gasteiger partial charge in [0.15, 0.2) is 6.23 Å². The molecule has 0 saturated carbocycles. The van der Waals surface area contributed by atoms with Crippen molar-refractivity contribution in [2.75, 3.05) is 13.2 Å². The first kappa shape index (κ1) is 20.9. The van der Waals surface area contributed by atoms with Crippen molar-refractivity contribution in [2.24, 2.45) is 5.92 Å². The van der Waals surface area contributed by atoms with E-state index >= 15 is 0 Å². The van der Waals surface area contributed by atoms with E-state index in [4.69, 9.17) is 14.2 Å². The van der Waals surface area contributed by atoms with Crippen LogP contribution in [0.1, 0.15) is 29.3 Å². The third-order valence-corrected chi connectivity index (χ3v) is 5.87. The number of carboxylic acid groups (broad SMARTS) is 1. The molecular formula is C27H25NO5. The van der Waals surface area contributed by atoms with Crippen LogP contribution in [0.3, 0.4) is 0 Å². The lowest BCUT2D eigenvalue weighted by molar-refractivity contribution is -0.143. The molecule has 0 aromatic heterocycles. The van der Waals surface area contributed by atoms with Gasteiger partial charge in [0.05, 0.1) is 18.2 Å². The van der Waals surface area contributed by atoms with E-state index in [0.29, 0.717) is 30.9 Å². The fraction of sp³-hybridized carbons (Fsp3) is 0.222. The normalized spacial score (nSPS) is 19.2. The molecule has 2 aliphatic heterocycles. The van der Waals surface area contributed by atoms with Crippen LogP contribution < -0.4 is 14.8 Å².